The van der Waals surface area contributed by atoms with Crippen molar-refractivity contribution < 1.29 is 9.90 Å². The van der Waals surface area contributed by atoms with Gasteiger partial charge >= 0.3 is 0 Å². The second-order valence-corrected chi connectivity index (χ2v) is 5.81. The van der Waals surface area contributed by atoms with Gasteiger partial charge in [-0.05, 0) is 24.6 Å². The zero-order valence-electron chi connectivity index (χ0n) is 12.2. The van der Waals surface area contributed by atoms with Crippen LogP contribution in [0.15, 0.2) is 24.3 Å². The predicted molar refractivity (Wildman–Crippen MR) is 86.2 cm³/mol. The molecule has 5 nitrogen and oxygen atoms in total. The molecule has 0 aliphatic carbocycles. The number of phenols is 1. The first-order valence-corrected chi connectivity index (χ1v) is 7.47. The Bertz CT molecular complexity index is 527. The SMILES string of the molecule is CC(C(N)=S)N1CCN(C(=O)Cc2cccc(O)c2)CC1. The van der Waals surface area contributed by atoms with Gasteiger partial charge in [0.2, 0.25) is 5.91 Å². The highest BCUT2D eigenvalue weighted by Gasteiger charge is 2.24. The van der Waals surface area contributed by atoms with Gasteiger partial charge in [0.1, 0.15) is 5.75 Å². The molecule has 114 valence electrons. The van der Waals surface area contributed by atoms with Gasteiger partial charge in [-0.1, -0.05) is 24.4 Å². The Balaban J connectivity index is 1.87. The van der Waals surface area contributed by atoms with Crippen molar-refractivity contribution >= 4 is 23.1 Å². The van der Waals surface area contributed by atoms with E-state index in [1.807, 2.05) is 17.9 Å². The molecular weight excluding hydrogens is 286 g/mol. The van der Waals surface area contributed by atoms with Crippen LogP contribution in [0.3, 0.4) is 0 Å². The first kappa shape index (κ1) is 15.7. The van der Waals surface area contributed by atoms with Gasteiger partial charge in [0.15, 0.2) is 0 Å². The number of amides is 1. The van der Waals surface area contributed by atoms with Crippen molar-refractivity contribution in [2.75, 3.05) is 26.2 Å². The van der Waals surface area contributed by atoms with Crippen LogP contribution >= 0.6 is 12.2 Å². The van der Waals surface area contributed by atoms with E-state index in [0.29, 0.717) is 24.5 Å². The zero-order chi connectivity index (χ0) is 15.4. The van der Waals surface area contributed by atoms with Crippen LogP contribution < -0.4 is 5.73 Å². The Hall–Kier alpha value is -1.66. The third-order valence-corrected chi connectivity index (χ3v) is 4.23. The maximum absolute atomic E-state index is 12.3. The number of aromatic hydroxyl groups is 1. The summed E-state index contributed by atoms with van der Waals surface area (Å²) in [7, 11) is 0. The molecule has 3 N–H and O–H groups in total. The van der Waals surface area contributed by atoms with E-state index in [9.17, 15) is 9.90 Å². The minimum atomic E-state index is 0.0725. The molecule has 0 spiro atoms. The minimum absolute atomic E-state index is 0.0725. The maximum atomic E-state index is 12.3. The van der Waals surface area contributed by atoms with Crippen molar-refractivity contribution in [1.82, 2.24) is 9.80 Å². The highest BCUT2D eigenvalue weighted by Crippen LogP contribution is 2.13. The Labute approximate surface area is 130 Å². The standard InChI is InChI=1S/C15H21N3O2S/c1-11(15(16)21)17-5-7-18(8-6-17)14(20)10-12-3-2-4-13(19)9-12/h2-4,9,11,19H,5-8,10H2,1H3,(H2,16,21). The van der Waals surface area contributed by atoms with E-state index >= 15 is 0 Å². The average molecular weight is 307 g/mol. The lowest BCUT2D eigenvalue weighted by atomic mass is 10.1. The molecule has 1 aromatic rings. The van der Waals surface area contributed by atoms with Gasteiger partial charge in [-0.25, -0.2) is 0 Å². The second-order valence-electron chi connectivity index (χ2n) is 5.34. The number of carbonyl (C=O) groups excluding carboxylic acids is 1. The van der Waals surface area contributed by atoms with E-state index in [1.165, 1.54) is 0 Å². The average Bonchev–Trinajstić information content (AvgIpc) is 2.46. The summed E-state index contributed by atoms with van der Waals surface area (Å²) in [5.74, 6) is 0.277. The van der Waals surface area contributed by atoms with Crippen LogP contribution in [-0.4, -0.2) is 58.0 Å². The molecule has 0 aromatic heterocycles. The fourth-order valence-corrected chi connectivity index (χ4v) is 2.64. The normalized spacial score (nSPS) is 17.5. The highest BCUT2D eigenvalue weighted by molar-refractivity contribution is 7.80. The number of nitrogens with zero attached hydrogens (tertiary/aromatic N) is 2. The Morgan fingerprint density at radius 3 is 2.62 bits per heavy atom. The van der Waals surface area contributed by atoms with Crippen LogP contribution in [0.2, 0.25) is 0 Å². The fraction of sp³-hybridized carbons (Fsp3) is 0.467. The smallest absolute Gasteiger partial charge is 0.227 e. The van der Waals surface area contributed by atoms with Crippen molar-refractivity contribution in [3.8, 4) is 5.75 Å². The van der Waals surface area contributed by atoms with E-state index in [0.717, 1.165) is 18.7 Å². The molecule has 1 aliphatic heterocycles. The number of piperazine rings is 1. The number of hydrogen-bond donors (Lipinski definition) is 2. The highest BCUT2D eigenvalue weighted by atomic mass is 32.1. The number of hydrogen-bond acceptors (Lipinski definition) is 4. The van der Waals surface area contributed by atoms with Crippen molar-refractivity contribution in [2.45, 2.75) is 19.4 Å². The lowest BCUT2D eigenvalue weighted by Gasteiger charge is -2.37. The van der Waals surface area contributed by atoms with Gasteiger partial charge in [-0.15, -0.1) is 0 Å². The van der Waals surface area contributed by atoms with Crippen LogP contribution in [0.5, 0.6) is 5.75 Å². The third kappa shape index (κ3) is 4.15. The molecular formula is C15H21N3O2S. The van der Waals surface area contributed by atoms with Gasteiger partial charge in [0, 0.05) is 26.2 Å². The predicted octanol–water partition coefficient (Wildman–Crippen LogP) is 0.753. The van der Waals surface area contributed by atoms with Crippen LogP contribution in [0.25, 0.3) is 0 Å². The summed E-state index contributed by atoms with van der Waals surface area (Å²) in [5.41, 5.74) is 6.50. The first-order chi connectivity index (χ1) is 9.97. The number of phenolic OH excluding ortho intramolecular Hbond substituents is 1. The number of benzene rings is 1. The monoisotopic (exact) mass is 307 g/mol. The van der Waals surface area contributed by atoms with Crippen molar-refractivity contribution in [3.05, 3.63) is 29.8 Å². The Morgan fingerprint density at radius 2 is 2.05 bits per heavy atom. The van der Waals surface area contributed by atoms with Crippen LogP contribution in [0, 0.1) is 0 Å². The van der Waals surface area contributed by atoms with Crippen LogP contribution in [-0.2, 0) is 11.2 Å². The molecule has 2 rings (SSSR count). The van der Waals surface area contributed by atoms with Crippen molar-refractivity contribution in [1.29, 1.82) is 0 Å². The summed E-state index contributed by atoms with van der Waals surface area (Å²) in [6.07, 6.45) is 0.319. The number of carbonyl (C=O) groups is 1. The Morgan fingerprint density at radius 1 is 1.38 bits per heavy atom. The van der Waals surface area contributed by atoms with Crippen molar-refractivity contribution in [2.24, 2.45) is 5.73 Å². The molecule has 0 bridgehead atoms. The molecule has 1 unspecified atom stereocenters. The molecule has 21 heavy (non-hydrogen) atoms. The van der Waals surface area contributed by atoms with Crippen LogP contribution in [0.1, 0.15) is 12.5 Å². The van der Waals surface area contributed by atoms with E-state index in [1.54, 1.807) is 18.2 Å². The Kier molecular flexibility index (Phi) is 5.14. The number of nitrogens with two attached hydrogens (primary N) is 1. The van der Waals surface area contributed by atoms with Gasteiger partial charge in [-0.3, -0.25) is 9.69 Å². The summed E-state index contributed by atoms with van der Waals surface area (Å²) < 4.78 is 0. The van der Waals surface area contributed by atoms with Gasteiger partial charge < -0.3 is 15.7 Å². The fourth-order valence-electron chi connectivity index (χ4n) is 2.49. The molecule has 1 aliphatic rings. The third-order valence-electron chi connectivity index (χ3n) is 3.89. The van der Waals surface area contributed by atoms with E-state index < -0.39 is 0 Å². The summed E-state index contributed by atoms with van der Waals surface area (Å²) in [4.78, 5) is 16.8. The van der Waals surface area contributed by atoms with Gasteiger partial charge in [-0.2, -0.15) is 0 Å². The van der Waals surface area contributed by atoms with Crippen LogP contribution in [0.4, 0.5) is 0 Å². The number of thiocarbonyl (C=S) groups is 1. The molecule has 1 saturated heterocycles. The van der Waals surface area contributed by atoms with E-state index in [2.05, 4.69) is 4.90 Å². The number of rotatable bonds is 4. The second kappa shape index (κ2) is 6.87. The molecule has 1 heterocycles. The van der Waals surface area contributed by atoms with E-state index in [-0.39, 0.29) is 17.7 Å². The van der Waals surface area contributed by atoms with Gasteiger partial charge in [0.05, 0.1) is 17.5 Å². The molecule has 1 amide bonds. The van der Waals surface area contributed by atoms with E-state index in [4.69, 9.17) is 18.0 Å². The summed E-state index contributed by atoms with van der Waals surface area (Å²) >= 11 is 5.01. The lowest BCUT2D eigenvalue weighted by Crippen LogP contribution is -2.54. The minimum Gasteiger partial charge on any atom is -0.508 e. The molecule has 1 aromatic carbocycles. The molecule has 1 fully saturated rings. The summed E-state index contributed by atoms with van der Waals surface area (Å²) in [6.45, 7) is 4.93. The molecule has 1 atom stereocenters. The lowest BCUT2D eigenvalue weighted by molar-refractivity contribution is -0.132. The quantitative estimate of drug-likeness (QED) is 0.804. The first-order valence-electron chi connectivity index (χ1n) is 7.06. The molecule has 0 radical (unpaired) electrons. The van der Waals surface area contributed by atoms with Gasteiger partial charge in [0.25, 0.3) is 0 Å². The molecule has 6 heteroatoms. The summed E-state index contributed by atoms with van der Waals surface area (Å²) in [6, 6.07) is 6.90. The van der Waals surface area contributed by atoms with Crippen molar-refractivity contribution in [3.63, 3.8) is 0 Å². The summed E-state index contributed by atoms with van der Waals surface area (Å²) in [5, 5.41) is 9.43. The topological polar surface area (TPSA) is 69.8 Å². The molecule has 0 saturated carbocycles. The zero-order valence-corrected chi connectivity index (χ0v) is 13.0. The largest absolute Gasteiger partial charge is 0.508 e. The maximum Gasteiger partial charge on any atom is 0.227 e.